The second kappa shape index (κ2) is 7.45. The molecule has 0 saturated heterocycles. The van der Waals surface area contributed by atoms with E-state index in [2.05, 4.69) is 0 Å². The molecule has 7 heteroatoms. The number of aliphatic hydroxyl groups is 1. The van der Waals surface area contributed by atoms with Crippen LogP contribution in [-0.2, 0) is 14.6 Å². The number of sulfone groups is 1. The molecule has 4 nitrogen and oxygen atoms in total. The lowest BCUT2D eigenvalue weighted by Gasteiger charge is -2.18. The van der Waals surface area contributed by atoms with Crippen LogP contribution in [0.4, 0.5) is 0 Å². The van der Waals surface area contributed by atoms with E-state index in [9.17, 15) is 13.2 Å². The Bertz CT molecular complexity index is 738. The zero-order valence-corrected chi connectivity index (χ0v) is 14.3. The number of aliphatic hydroxyl groups excluding tert-OH is 1. The van der Waals surface area contributed by atoms with Gasteiger partial charge in [0.2, 0.25) is 0 Å². The highest BCUT2D eigenvalue weighted by Gasteiger charge is 2.30. The van der Waals surface area contributed by atoms with Gasteiger partial charge in [0.1, 0.15) is 17.6 Å². The van der Waals surface area contributed by atoms with E-state index in [1.54, 1.807) is 48.5 Å². The van der Waals surface area contributed by atoms with E-state index in [0.717, 1.165) is 0 Å². The van der Waals surface area contributed by atoms with Crippen molar-refractivity contribution in [1.82, 2.24) is 0 Å². The summed E-state index contributed by atoms with van der Waals surface area (Å²) < 4.78 is 25.3. The number of benzene rings is 2. The van der Waals surface area contributed by atoms with Crippen LogP contribution >= 0.6 is 23.2 Å². The Morgan fingerprint density at radius 2 is 1.30 bits per heavy atom. The lowest BCUT2D eigenvalue weighted by atomic mass is 10.0. The van der Waals surface area contributed by atoms with Gasteiger partial charge >= 0.3 is 0 Å². The summed E-state index contributed by atoms with van der Waals surface area (Å²) in [7, 11) is -3.86. The normalized spacial score (nSPS) is 11.7. The van der Waals surface area contributed by atoms with Crippen LogP contribution in [0.3, 0.4) is 0 Å². The number of carbonyl (C=O) groups is 1. The summed E-state index contributed by atoms with van der Waals surface area (Å²) in [4.78, 5) is 11.4. The predicted octanol–water partition coefficient (Wildman–Crippen LogP) is 3.06. The molecule has 0 aliphatic rings. The maximum absolute atomic E-state index is 12.7. The Kier molecular flexibility index (Phi) is 5.81. The minimum Gasteiger partial charge on any atom is -0.389 e. The van der Waals surface area contributed by atoms with Crippen molar-refractivity contribution in [3.05, 3.63) is 69.7 Å². The summed E-state index contributed by atoms with van der Waals surface area (Å²) in [6.45, 7) is -0.812. The van der Waals surface area contributed by atoms with E-state index >= 15 is 0 Å². The molecule has 0 atom stereocenters. The summed E-state index contributed by atoms with van der Waals surface area (Å²) in [5.41, 5.74) is 0.977. The van der Waals surface area contributed by atoms with Crippen molar-refractivity contribution in [3.63, 3.8) is 0 Å². The van der Waals surface area contributed by atoms with Crippen molar-refractivity contribution in [2.45, 2.75) is 5.25 Å². The zero-order valence-electron chi connectivity index (χ0n) is 11.9. The molecule has 0 aliphatic carbocycles. The maximum atomic E-state index is 12.7. The molecular formula is C16H14Cl2O4S. The lowest BCUT2D eigenvalue weighted by Crippen LogP contribution is -2.25. The molecule has 0 bridgehead atoms. The average molecular weight is 373 g/mol. The van der Waals surface area contributed by atoms with Crippen LogP contribution in [0, 0.1) is 0 Å². The molecule has 0 heterocycles. The van der Waals surface area contributed by atoms with E-state index in [1.165, 1.54) is 0 Å². The van der Waals surface area contributed by atoms with Gasteiger partial charge in [-0.2, -0.15) is 0 Å². The third-order valence-electron chi connectivity index (χ3n) is 3.24. The number of carbonyl (C=O) groups excluding carboxylic acids is 1. The Balaban J connectivity index is 2.53. The number of hydrogen-bond donors (Lipinski definition) is 1. The standard InChI is InChI=1S/C16H14Cl2O4S/c17-13-5-1-11(2-6-13)16(12-3-7-14(18)8-4-12)23(21,22)10-15(20)9-19/h1-8,16,19H,9-10H2. The minimum absolute atomic E-state index is 0.479. The van der Waals surface area contributed by atoms with Gasteiger partial charge in [0.15, 0.2) is 15.6 Å². The van der Waals surface area contributed by atoms with E-state index in [0.29, 0.717) is 21.2 Å². The van der Waals surface area contributed by atoms with Gasteiger partial charge in [0.05, 0.1) is 0 Å². The molecule has 122 valence electrons. The molecule has 0 saturated carbocycles. The van der Waals surface area contributed by atoms with Crippen LogP contribution in [-0.4, -0.2) is 31.7 Å². The largest absolute Gasteiger partial charge is 0.389 e. The monoisotopic (exact) mass is 372 g/mol. The average Bonchev–Trinajstić information content (AvgIpc) is 2.50. The Hall–Kier alpha value is -1.40. The first-order valence-corrected chi connectivity index (χ1v) is 9.15. The molecule has 0 aliphatic heterocycles. The molecule has 0 amide bonds. The topological polar surface area (TPSA) is 71.4 Å². The Morgan fingerprint density at radius 1 is 0.913 bits per heavy atom. The molecule has 2 rings (SSSR count). The van der Waals surface area contributed by atoms with Crippen LogP contribution in [0.2, 0.25) is 10.0 Å². The van der Waals surface area contributed by atoms with Crippen molar-refractivity contribution in [2.75, 3.05) is 12.4 Å². The number of halogens is 2. The minimum atomic E-state index is -3.86. The van der Waals surface area contributed by atoms with Gasteiger partial charge in [0, 0.05) is 10.0 Å². The van der Waals surface area contributed by atoms with Gasteiger partial charge in [-0.05, 0) is 35.4 Å². The molecule has 1 N–H and O–H groups in total. The number of Topliss-reactive ketones (excluding diaryl/α,β-unsaturated/α-hetero) is 1. The second-order valence-electron chi connectivity index (χ2n) is 4.99. The van der Waals surface area contributed by atoms with Gasteiger partial charge in [0.25, 0.3) is 0 Å². The van der Waals surface area contributed by atoms with Crippen LogP contribution in [0.15, 0.2) is 48.5 Å². The smallest absolute Gasteiger partial charge is 0.173 e. The maximum Gasteiger partial charge on any atom is 0.173 e. The third-order valence-corrected chi connectivity index (χ3v) is 5.73. The van der Waals surface area contributed by atoms with Crippen LogP contribution < -0.4 is 0 Å². The fraction of sp³-hybridized carbons (Fsp3) is 0.188. The molecule has 0 radical (unpaired) electrons. The van der Waals surface area contributed by atoms with Gasteiger partial charge in [-0.25, -0.2) is 8.42 Å². The lowest BCUT2D eigenvalue weighted by molar-refractivity contribution is -0.119. The molecule has 2 aromatic carbocycles. The van der Waals surface area contributed by atoms with Crippen LogP contribution in [0.5, 0.6) is 0 Å². The summed E-state index contributed by atoms with van der Waals surface area (Å²) in [5.74, 6) is -1.49. The van der Waals surface area contributed by atoms with Gasteiger partial charge in [-0.1, -0.05) is 47.5 Å². The fourth-order valence-electron chi connectivity index (χ4n) is 2.24. The first kappa shape index (κ1) is 17.9. The quantitative estimate of drug-likeness (QED) is 0.845. The Labute approximate surface area is 144 Å². The predicted molar refractivity (Wildman–Crippen MR) is 90.6 cm³/mol. The van der Waals surface area contributed by atoms with Gasteiger partial charge in [-0.15, -0.1) is 0 Å². The van der Waals surface area contributed by atoms with Gasteiger partial charge < -0.3 is 5.11 Å². The molecule has 0 spiro atoms. The molecule has 0 fully saturated rings. The number of ketones is 1. The van der Waals surface area contributed by atoms with Crippen LogP contribution in [0.25, 0.3) is 0 Å². The highest BCUT2D eigenvalue weighted by Crippen LogP contribution is 2.32. The first-order chi connectivity index (χ1) is 10.8. The van der Waals surface area contributed by atoms with E-state index < -0.39 is 33.2 Å². The number of rotatable bonds is 6. The molecule has 23 heavy (non-hydrogen) atoms. The van der Waals surface area contributed by atoms with E-state index in [-0.39, 0.29) is 0 Å². The van der Waals surface area contributed by atoms with Crippen LogP contribution in [0.1, 0.15) is 16.4 Å². The van der Waals surface area contributed by atoms with Crippen molar-refractivity contribution in [3.8, 4) is 0 Å². The SMILES string of the molecule is O=C(CO)CS(=O)(=O)C(c1ccc(Cl)cc1)c1ccc(Cl)cc1. The summed E-state index contributed by atoms with van der Waals surface area (Å²) in [6.07, 6.45) is 0. The fourth-order valence-corrected chi connectivity index (χ4v) is 4.34. The van der Waals surface area contributed by atoms with E-state index in [4.69, 9.17) is 28.3 Å². The molecular weight excluding hydrogens is 359 g/mol. The zero-order chi connectivity index (χ0) is 17.0. The molecule has 2 aromatic rings. The molecule has 0 unspecified atom stereocenters. The van der Waals surface area contributed by atoms with E-state index in [1.807, 2.05) is 0 Å². The molecule has 0 aromatic heterocycles. The van der Waals surface area contributed by atoms with Crippen molar-refractivity contribution >= 4 is 38.8 Å². The Morgan fingerprint density at radius 3 is 1.65 bits per heavy atom. The summed E-state index contributed by atoms with van der Waals surface area (Å²) in [5, 5.41) is 8.77. The summed E-state index contributed by atoms with van der Waals surface area (Å²) in [6, 6.07) is 12.7. The highest BCUT2D eigenvalue weighted by atomic mass is 35.5. The first-order valence-electron chi connectivity index (χ1n) is 6.68. The highest BCUT2D eigenvalue weighted by molar-refractivity contribution is 7.92. The van der Waals surface area contributed by atoms with Crippen molar-refractivity contribution in [2.24, 2.45) is 0 Å². The van der Waals surface area contributed by atoms with Gasteiger partial charge in [-0.3, -0.25) is 4.79 Å². The second-order valence-corrected chi connectivity index (χ2v) is 7.95. The summed E-state index contributed by atoms with van der Waals surface area (Å²) >= 11 is 11.7. The number of hydrogen-bond acceptors (Lipinski definition) is 4. The van der Waals surface area contributed by atoms with Crippen molar-refractivity contribution < 1.29 is 18.3 Å². The third kappa shape index (κ3) is 4.54. The van der Waals surface area contributed by atoms with Crippen molar-refractivity contribution in [1.29, 1.82) is 0 Å².